The van der Waals surface area contributed by atoms with Crippen molar-refractivity contribution in [3.63, 3.8) is 0 Å². The van der Waals surface area contributed by atoms with Gasteiger partial charge in [-0.15, -0.1) is 11.8 Å². The van der Waals surface area contributed by atoms with Gasteiger partial charge in [0.1, 0.15) is 0 Å². The van der Waals surface area contributed by atoms with E-state index >= 15 is 0 Å². The van der Waals surface area contributed by atoms with Crippen molar-refractivity contribution < 1.29 is 19.1 Å². The molecule has 0 heterocycles. The third-order valence-electron chi connectivity index (χ3n) is 4.96. The highest BCUT2D eigenvalue weighted by Crippen LogP contribution is 2.25. The van der Waals surface area contributed by atoms with Gasteiger partial charge in [0.15, 0.2) is 6.61 Å². The minimum Gasteiger partial charge on any atom is -0.452 e. The fourth-order valence-corrected chi connectivity index (χ4v) is 4.25. The predicted molar refractivity (Wildman–Crippen MR) is 127 cm³/mol. The van der Waals surface area contributed by atoms with Gasteiger partial charge >= 0.3 is 5.97 Å². The fraction of sp³-hybridized carbons (Fsp3) is 0.240. The van der Waals surface area contributed by atoms with E-state index < -0.39 is 5.97 Å². The summed E-state index contributed by atoms with van der Waals surface area (Å²) < 4.78 is 5.25. The number of nitrogens with zero attached hydrogens (tertiary/aromatic N) is 1. The van der Waals surface area contributed by atoms with Crippen LogP contribution in [0.3, 0.4) is 0 Å². The number of thioether (sulfide) groups is 1. The Balaban J connectivity index is 1.59. The van der Waals surface area contributed by atoms with E-state index in [1.807, 2.05) is 49.4 Å². The molecule has 0 bridgehead atoms. The lowest BCUT2D eigenvalue weighted by molar-refractivity contribution is -0.126. The third-order valence-corrected chi connectivity index (χ3v) is 6.02. The fourth-order valence-electron chi connectivity index (χ4n) is 3.23. The lowest BCUT2D eigenvalue weighted by Gasteiger charge is -2.17. The number of hydrogen-bond donors (Lipinski definition) is 1. The summed E-state index contributed by atoms with van der Waals surface area (Å²) in [7, 11) is 3.36. The second-order valence-corrected chi connectivity index (χ2v) is 8.52. The molecule has 1 unspecified atom stereocenters. The van der Waals surface area contributed by atoms with Crippen LogP contribution in [-0.2, 0) is 14.3 Å². The number of esters is 1. The molecule has 1 atom stereocenters. The highest BCUT2D eigenvalue weighted by molar-refractivity contribution is 8.00. The van der Waals surface area contributed by atoms with E-state index in [4.69, 9.17) is 4.74 Å². The van der Waals surface area contributed by atoms with Gasteiger partial charge in [-0.1, -0.05) is 54.6 Å². The standard InChI is InChI=1S/C25H26N2O4S/c1-17(19-13-8-10-18-9-4-5-11-20(18)19)26-23(28)15-31-25(30)21-12-6-7-14-22(21)32-16-24(29)27(2)3/h4-14,17H,15-16H2,1-3H3,(H,26,28). The van der Waals surface area contributed by atoms with Crippen LogP contribution in [0.15, 0.2) is 71.6 Å². The Kier molecular flexibility index (Phi) is 7.89. The van der Waals surface area contributed by atoms with Crippen molar-refractivity contribution in [3.05, 3.63) is 77.9 Å². The van der Waals surface area contributed by atoms with Crippen molar-refractivity contribution >= 4 is 40.3 Å². The summed E-state index contributed by atoms with van der Waals surface area (Å²) in [4.78, 5) is 39.0. The molecule has 6 nitrogen and oxygen atoms in total. The maximum Gasteiger partial charge on any atom is 0.339 e. The maximum absolute atomic E-state index is 12.6. The van der Waals surface area contributed by atoms with Crippen LogP contribution in [0.5, 0.6) is 0 Å². The van der Waals surface area contributed by atoms with Crippen molar-refractivity contribution in [1.29, 1.82) is 0 Å². The second-order valence-electron chi connectivity index (χ2n) is 7.51. The van der Waals surface area contributed by atoms with E-state index in [9.17, 15) is 14.4 Å². The molecule has 0 aliphatic rings. The average molecular weight is 451 g/mol. The number of carbonyl (C=O) groups is 3. The van der Waals surface area contributed by atoms with Gasteiger partial charge in [-0.05, 0) is 35.4 Å². The van der Waals surface area contributed by atoms with Gasteiger partial charge in [-0.3, -0.25) is 9.59 Å². The van der Waals surface area contributed by atoms with Gasteiger partial charge in [0.25, 0.3) is 5.91 Å². The Morgan fingerprint density at radius 2 is 1.66 bits per heavy atom. The van der Waals surface area contributed by atoms with Crippen molar-refractivity contribution in [2.24, 2.45) is 0 Å². The summed E-state index contributed by atoms with van der Waals surface area (Å²) in [6.45, 7) is 1.51. The molecule has 166 valence electrons. The number of amides is 2. The summed E-state index contributed by atoms with van der Waals surface area (Å²) in [5.41, 5.74) is 1.33. The summed E-state index contributed by atoms with van der Waals surface area (Å²) in [6.07, 6.45) is 0. The lowest BCUT2D eigenvalue weighted by atomic mass is 10.00. The number of nitrogens with one attached hydrogen (secondary N) is 1. The molecule has 3 aromatic carbocycles. The first kappa shape index (κ1) is 23.3. The molecule has 1 N–H and O–H groups in total. The Labute approximate surface area is 191 Å². The van der Waals surface area contributed by atoms with E-state index in [1.54, 1.807) is 38.4 Å². The zero-order valence-electron chi connectivity index (χ0n) is 18.3. The number of rotatable bonds is 8. The Hall–Kier alpha value is -3.32. The summed E-state index contributed by atoms with van der Waals surface area (Å²) in [5, 5.41) is 5.06. The van der Waals surface area contributed by atoms with Crippen LogP contribution in [0.1, 0.15) is 28.9 Å². The zero-order chi connectivity index (χ0) is 23.1. The summed E-state index contributed by atoms with van der Waals surface area (Å²) in [5.74, 6) is -0.828. The van der Waals surface area contributed by atoms with E-state index in [0.29, 0.717) is 10.5 Å². The molecule has 3 aromatic rings. The van der Waals surface area contributed by atoms with Crippen molar-refractivity contribution in [2.75, 3.05) is 26.5 Å². The predicted octanol–water partition coefficient (Wildman–Crippen LogP) is 4.05. The second kappa shape index (κ2) is 10.8. The summed E-state index contributed by atoms with van der Waals surface area (Å²) in [6, 6.07) is 20.6. The lowest BCUT2D eigenvalue weighted by Crippen LogP contribution is -2.31. The van der Waals surface area contributed by atoms with E-state index in [2.05, 4.69) is 5.32 Å². The molecule has 32 heavy (non-hydrogen) atoms. The Morgan fingerprint density at radius 1 is 0.969 bits per heavy atom. The van der Waals surface area contributed by atoms with Gasteiger partial charge in [0.2, 0.25) is 5.91 Å². The molecule has 3 rings (SSSR count). The smallest absolute Gasteiger partial charge is 0.339 e. The largest absolute Gasteiger partial charge is 0.452 e. The van der Waals surface area contributed by atoms with Gasteiger partial charge in [0, 0.05) is 19.0 Å². The number of fused-ring (bicyclic) bond motifs is 1. The number of benzene rings is 3. The molecule has 2 amide bonds. The van der Waals surface area contributed by atoms with Crippen molar-refractivity contribution in [1.82, 2.24) is 10.2 Å². The maximum atomic E-state index is 12.6. The first-order valence-corrected chi connectivity index (χ1v) is 11.2. The van der Waals surface area contributed by atoms with Gasteiger partial charge in [-0.25, -0.2) is 4.79 Å². The monoisotopic (exact) mass is 450 g/mol. The van der Waals surface area contributed by atoms with Crippen molar-refractivity contribution in [2.45, 2.75) is 17.9 Å². The molecule has 0 saturated carbocycles. The SMILES string of the molecule is CC(NC(=O)COC(=O)c1ccccc1SCC(=O)N(C)C)c1cccc2ccccc12. The molecule has 0 spiro atoms. The first-order chi connectivity index (χ1) is 15.4. The van der Waals surface area contributed by atoms with E-state index in [1.165, 1.54) is 16.7 Å². The molecule has 0 fully saturated rings. The van der Waals surface area contributed by atoms with Crippen LogP contribution in [0, 0.1) is 0 Å². The summed E-state index contributed by atoms with van der Waals surface area (Å²) >= 11 is 1.26. The van der Waals surface area contributed by atoms with E-state index in [-0.39, 0.29) is 30.2 Å². The minimum atomic E-state index is -0.599. The highest BCUT2D eigenvalue weighted by Gasteiger charge is 2.17. The van der Waals surface area contributed by atoms with E-state index in [0.717, 1.165) is 16.3 Å². The van der Waals surface area contributed by atoms with Gasteiger partial charge in [0.05, 0.1) is 17.4 Å². The van der Waals surface area contributed by atoms with Crippen LogP contribution >= 0.6 is 11.8 Å². The minimum absolute atomic E-state index is 0.0556. The van der Waals surface area contributed by atoms with Crippen molar-refractivity contribution in [3.8, 4) is 0 Å². The Morgan fingerprint density at radius 3 is 2.44 bits per heavy atom. The molecule has 0 saturated heterocycles. The average Bonchev–Trinajstić information content (AvgIpc) is 2.80. The quantitative estimate of drug-likeness (QED) is 0.414. The van der Waals surface area contributed by atoms with Gasteiger partial charge < -0.3 is 15.0 Å². The number of ether oxygens (including phenoxy) is 1. The van der Waals surface area contributed by atoms with Crippen LogP contribution < -0.4 is 5.32 Å². The highest BCUT2D eigenvalue weighted by atomic mass is 32.2. The zero-order valence-corrected chi connectivity index (χ0v) is 19.1. The molecular weight excluding hydrogens is 424 g/mol. The van der Waals surface area contributed by atoms with Crippen LogP contribution in [0.25, 0.3) is 10.8 Å². The molecule has 0 aliphatic carbocycles. The van der Waals surface area contributed by atoms with Crippen LogP contribution in [-0.4, -0.2) is 49.1 Å². The Bertz CT molecular complexity index is 1120. The van der Waals surface area contributed by atoms with Crippen LogP contribution in [0.4, 0.5) is 0 Å². The normalized spacial score (nSPS) is 11.6. The van der Waals surface area contributed by atoms with Crippen LogP contribution in [0.2, 0.25) is 0 Å². The molecule has 0 radical (unpaired) electrons. The molecule has 7 heteroatoms. The third kappa shape index (κ3) is 5.88. The molecule has 0 aliphatic heterocycles. The topological polar surface area (TPSA) is 75.7 Å². The first-order valence-electron chi connectivity index (χ1n) is 10.2. The molecular formula is C25H26N2O4S. The number of hydrogen-bond acceptors (Lipinski definition) is 5. The number of carbonyl (C=O) groups excluding carboxylic acids is 3. The van der Waals surface area contributed by atoms with Gasteiger partial charge in [-0.2, -0.15) is 0 Å². The molecule has 0 aromatic heterocycles.